The van der Waals surface area contributed by atoms with Crippen molar-refractivity contribution in [1.29, 1.82) is 0 Å². The predicted molar refractivity (Wildman–Crippen MR) is 75.8 cm³/mol. The maximum absolute atomic E-state index is 12.2. The molecule has 2 amide bonds. The summed E-state index contributed by atoms with van der Waals surface area (Å²) in [4.78, 5) is 36.3. The minimum absolute atomic E-state index is 0.0472. The third-order valence-corrected chi connectivity index (χ3v) is 3.54. The molecule has 1 fully saturated rings. The van der Waals surface area contributed by atoms with E-state index in [1.165, 1.54) is 13.8 Å². The second kappa shape index (κ2) is 7.28. The summed E-state index contributed by atoms with van der Waals surface area (Å²) in [5.41, 5.74) is -1.08. The van der Waals surface area contributed by atoms with Crippen LogP contribution in [-0.4, -0.2) is 53.7 Å². The number of hydrogen-bond donors (Lipinski definition) is 2. The standard InChI is InChI=1S/C14H24N2O5/c1-4-21-13(20)15-10-6-5-7-16(9-10)11(17)8-14(2,3)12(18)19/h10H,4-9H2,1-3H3,(H,15,20)(H,18,19). The van der Waals surface area contributed by atoms with Crippen molar-refractivity contribution in [1.82, 2.24) is 10.2 Å². The van der Waals surface area contributed by atoms with Gasteiger partial charge in [-0.25, -0.2) is 4.79 Å². The fraction of sp³-hybridized carbons (Fsp3) is 0.786. The van der Waals surface area contributed by atoms with Gasteiger partial charge < -0.3 is 20.1 Å². The molecule has 1 aliphatic rings. The van der Waals surface area contributed by atoms with Gasteiger partial charge in [0, 0.05) is 25.6 Å². The second-order valence-corrected chi connectivity index (χ2v) is 5.91. The van der Waals surface area contributed by atoms with Crippen molar-refractivity contribution < 1.29 is 24.2 Å². The zero-order valence-corrected chi connectivity index (χ0v) is 12.8. The number of likely N-dealkylation sites (tertiary alicyclic amines) is 1. The molecule has 0 aromatic rings. The molecular weight excluding hydrogens is 276 g/mol. The monoisotopic (exact) mass is 300 g/mol. The summed E-state index contributed by atoms with van der Waals surface area (Å²) in [6.07, 6.45) is 1.03. The number of carboxylic acids is 1. The molecule has 1 atom stereocenters. The van der Waals surface area contributed by atoms with Gasteiger partial charge in [-0.15, -0.1) is 0 Å². The van der Waals surface area contributed by atoms with E-state index in [0.29, 0.717) is 19.7 Å². The predicted octanol–water partition coefficient (Wildman–Crippen LogP) is 1.22. The Morgan fingerprint density at radius 1 is 1.38 bits per heavy atom. The number of carbonyl (C=O) groups is 3. The van der Waals surface area contributed by atoms with Gasteiger partial charge in [0.15, 0.2) is 0 Å². The number of hydrogen-bond acceptors (Lipinski definition) is 4. The lowest BCUT2D eigenvalue weighted by Crippen LogP contribution is -2.50. The van der Waals surface area contributed by atoms with Crippen LogP contribution in [0.3, 0.4) is 0 Å². The Bertz CT molecular complexity index is 408. The molecule has 0 saturated carbocycles. The molecule has 7 nitrogen and oxygen atoms in total. The van der Waals surface area contributed by atoms with Crippen LogP contribution >= 0.6 is 0 Å². The highest BCUT2D eigenvalue weighted by molar-refractivity contribution is 5.84. The summed E-state index contributed by atoms with van der Waals surface area (Å²) < 4.78 is 4.82. The highest BCUT2D eigenvalue weighted by atomic mass is 16.5. The van der Waals surface area contributed by atoms with Gasteiger partial charge in [-0.05, 0) is 33.6 Å². The molecule has 0 aliphatic carbocycles. The number of ether oxygens (including phenoxy) is 1. The topological polar surface area (TPSA) is 95.9 Å². The first-order chi connectivity index (χ1) is 9.76. The van der Waals surface area contributed by atoms with E-state index < -0.39 is 17.5 Å². The third-order valence-electron chi connectivity index (χ3n) is 3.54. The summed E-state index contributed by atoms with van der Waals surface area (Å²) in [7, 11) is 0. The molecule has 1 aliphatic heterocycles. The van der Waals surface area contributed by atoms with Crippen molar-refractivity contribution in [3.05, 3.63) is 0 Å². The SMILES string of the molecule is CCOC(=O)NC1CCCN(C(=O)CC(C)(C)C(=O)O)C1. The molecule has 0 aromatic carbocycles. The van der Waals surface area contributed by atoms with E-state index in [9.17, 15) is 14.4 Å². The molecule has 0 spiro atoms. The maximum Gasteiger partial charge on any atom is 0.407 e. The molecule has 1 rings (SSSR count). The average molecular weight is 300 g/mol. The van der Waals surface area contributed by atoms with Crippen LogP contribution in [0.1, 0.15) is 40.0 Å². The van der Waals surface area contributed by atoms with E-state index in [1.54, 1.807) is 11.8 Å². The van der Waals surface area contributed by atoms with Gasteiger partial charge in [-0.2, -0.15) is 0 Å². The maximum atomic E-state index is 12.2. The van der Waals surface area contributed by atoms with Gasteiger partial charge in [-0.3, -0.25) is 9.59 Å². The molecule has 0 bridgehead atoms. The van der Waals surface area contributed by atoms with Crippen LogP contribution in [0.5, 0.6) is 0 Å². The summed E-state index contributed by atoms with van der Waals surface area (Å²) in [5.74, 6) is -1.19. The molecule has 0 aromatic heterocycles. The Kier molecular flexibility index (Phi) is 5.99. The molecule has 1 heterocycles. The number of carbonyl (C=O) groups excluding carboxylic acids is 2. The van der Waals surface area contributed by atoms with E-state index in [2.05, 4.69) is 5.32 Å². The number of rotatable bonds is 5. The number of amides is 2. The van der Waals surface area contributed by atoms with Crippen molar-refractivity contribution in [2.45, 2.75) is 46.1 Å². The van der Waals surface area contributed by atoms with Crippen LogP contribution in [-0.2, 0) is 14.3 Å². The van der Waals surface area contributed by atoms with Crippen LogP contribution in [0.15, 0.2) is 0 Å². The lowest BCUT2D eigenvalue weighted by Gasteiger charge is -2.34. The Labute approximate surface area is 124 Å². The van der Waals surface area contributed by atoms with Crippen LogP contribution in [0.4, 0.5) is 4.79 Å². The van der Waals surface area contributed by atoms with Crippen LogP contribution in [0.2, 0.25) is 0 Å². The molecule has 2 N–H and O–H groups in total. The zero-order valence-electron chi connectivity index (χ0n) is 12.8. The number of aliphatic carboxylic acids is 1. The highest BCUT2D eigenvalue weighted by Crippen LogP contribution is 2.23. The minimum Gasteiger partial charge on any atom is -0.481 e. The van der Waals surface area contributed by atoms with E-state index >= 15 is 0 Å². The van der Waals surface area contributed by atoms with E-state index in [0.717, 1.165) is 12.8 Å². The van der Waals surface area contributed by atoms with Crippen LogP contribution < -0.4 is 5.32 Å². The first kappa shape index (κ1) is 17.3. The van der Waals surface area contributed by atoms with E-state index in [4.69, 9.17) is 9.84 Å². The molecule has 1 unspecified atom stereocenters. The van der Waals surface area contributed by atoms with E-state index in [1.807, 2.05) is 0 Å². The minimum atomic E-state index is -1.08. The Morgan fingerprint density at radius 3 is 2.62 bits per heavy atom. The zero-order chi connectivity index (χ0) is 16.0. The highest BCUT2D eigenvalue weighted by Gasteiger charge is 2.33. The molecule has 21 heavy (non-hydrogen) atoms. The number of alkyl carbamates (subject to hydrolysis) is 1. The Hall–Kier alpha value is -1.79. The van der Waals surface area contributed by atoms with Crippen molar-refractivity contribution >= 4 is 18.0 Å². The Morgan fingerprint density at radius 2 is 2.05 bits per heavy atom. The summed E-state index contributed by atoms with van der Waals surface area (Å²) in [6, 6.07) is -0.144. The molecule has 120 valence electrons. The van der Waals surface area contributed by atoms with Crippen molar-refractivity contribution in [3.8, 4) is 0 Å². The van der Waals surface area contributed by atoms with Gasteiger partial charge >= 0.3 is 12.1 Å². The molecular formula is C14H24N2O5. The van der Waals surface area contributed by atoms with Crippen molar-refractivity contribution in [2.24, 2.45) is 5.41 Å². The number of carboxylic acid groups (broad SMARTS) is 1. The van der Waals surface area contributed by atoms with E-state index in [-0.39, 0.29) is 18.4 Å². The molecule has 7 heteroatoms. The first-order valence-electron chi connectivity index (χ1n) is 7.20. The smallest absolute Gasteiger partial charge is 0.407 e. The fourth-order valence-corrected chi connectivity index (χ4v) is 2.23. The summed E-state index contributed by atoms with van der Waals surface area (Å²) in [6.45, 7) is 6.08. The largest absolute Gasteiger partial charge is 0.481 e. The average Bonchev–Trinajstić information content (AvgIpc) is 2.38. The van der Waals surface area contributed by atoms with Crippen LogP contribution in [0, 0.1) is 5.41 Å². The number of piperidine rings is 1. The normalized spacial score (nSPS) is 19.0. The van der Waals surface area contributed by atoms with Crippen molar-refractivity contribution in [3.63, 3.8) is 0 Å². The lowest BCUT2D eigenvalue weighted by atomic mass is 9.88. The second-order valence-electron chi connectivity index (χ2n) is 5.91. The Balaban J connectivity index is 2.54. The van der Waals surface area contributed by atoms with Crippen molar-refractivity contribution in [2.75, 3.05) is 19.7 Å². The quantitative estimate of drug-likeness (QED) is 0.796. The molecule has 1 saturated heterocycles. The van der Waals surface area contributed by atoms with Gasteiger partial charge in [0.25, 0.3) is 0 Å². The lowest BCUT2D eigenvalue weighted by molar-refractivity contribution is -0.151. The fourth-order valence-electron chi connectivity index (χ4n) is 2.23. The van der Waals surface area contributed by atoms with Gasteiger partial charge in [-0.1, -0.05) is 0 Å². The summed E-state index contributed by atoms with van der Waals surface area (Å²) >= 11 is 0. The van der Waals surface area contributed by atoms with Gasteiger partial charge in [0.05, 0.1) is 12.0 Å². The van der Waals surface area contributed by atoms with Gasteiger partial charge in [0.2, 0.25) is 5.91 Å². The summed E-state index contributed by atoms with van der Waals surface area (Å²) in [5, 5.41) is 11.8. The van der Waals surface area contributed by atoms with Gasteiger partial charge in [0.1, 0.15) is 0 Å². The first-order valence-corrected chi connectivity index (χ1v) is 7.20. The van der Waals surface area contributed by atoms with Crippen LogP contribution in [0.25, 0.3) is 0 Å². The number of nitrogens with one attached hydrogen (secondary N) is 1. The molecule has 0 radical (unpaired) electrons. The third kappa shape index (κ3) is 5.24. The number of nitrogens with zero attached hydrogens (tertiary/aromatic N) is 1.